The molecule has 0 fully saturated rings. The van der Waals surface area contributed by atoms with E-state index in [4.69, 9.17) is 14.2 Å². The summed E-state index contributed by atoms with van der Waals surface area (Å²) in [7, 11) is 0. The quantitative estimate of drug-likeness (QED) is 0.687. The first-order chi connectivity index (χ1) is 10.6. The third-order valence-electron chi connectivity index (χ3n) is 2.93. The van der Waals surface area contributed by atoms with Gasteiger partial charge in [0.15, 0.2) is 13.0 Å². The van der Waals surface area contributed by atoms with E-state index in [0.717, 1.165) is 11.3 Å². The van der Waals surface area contributed by atoms with E-state index < -0.39 is 6.29 Å². The predicted octanol–water partition coefficient (Wildman–Crippen LogP) is 2.34. The van der Waals surface area contributed by atoms with E-state index in [-0.39, 0.29) is 19.3 Å². The van der Waals surface area contributed by atoms with Gasteiger partial charge in [-0.05, 0) is 39.3 Å². The summed E-state index contributed by atoms with van der Waals surface area (Å²) in [6.07, 6.45) is -0.430. The monoisotopic (exact) mass is 310 g/mol. The van der Waals surface area contributed by atoms with E-state index in [1.807, 2.05) is 45.9 Å². The standard InChI is InChI=1S/C16H26N2O4/c1-5-20-15(21-6-2)10-17-16(19)18-11-22-14-8-7-12(3)9-13(14)4/h7-9,15H,5-6,10-11H2,1-4H3,(H2,17,18,19). The van der Waals surface area contributed by atoms with E-state index in [1.165, 1.54) is 5.56 Å². The van der Waals surface area contributed by atoms with Crippen molar-refractivity contribution in [1.29, 1.82) is 0 Å². The maximum absolute atomic E-state index is 11.7. The van der Waals surface area contributed by atoms with Crippen LogP contribution in [-0.2, 0) is 9.47 Å². The average molecular weight is 310 g/mol. The number of urea groups is 1. The van der Waals surface area contributed by atoms with Crippen LogP contribution in [0.4, 0.5) is 4.79 Å². The lowest BCUT2D eigenvalue weighted by atomic mass is 10.1. The number of aryl methyl sites for hydroxylation is 2. The third-order valence-corrected chi connectivity index (χ3v) is 2.93. The molecule has 124 valence electrons. The van der Waals surface area contributed by atoms with E-state index in [0.29, 0.717) is 13.2 Å². The van der Waals surface area contributed by atoms with Gasteiger partial charge in [0.1, 0.15) is 5.75 Å². The van der Waals surface area contributed by atoms with Crippen molar-refractivity contribution in [2.45, 2.75) is 34.0 Å². The van der Waals surface area contributed by atoms with Crippen LogP contribution in [0, 0.1) is 13.8 Å². The average Bonchev–Trinajstić information content (AvgIpc) is 2.47. The molecule has 1 aromatic carbocycles. The highest BCUT2D eigenvalue weighted by atomic mass is 16.7. The van der Waals surface area contributed by atoms with Crippen LogP contribution in [0.15, 0.2) is 18.2 Å². The zero-order valence-corrected chi connectivity index (χ0v) is 13.8. The number of hydrogen-bond donors (Lipinski definition) is 2. The first-order valence-electron chi connectivity index (χ1n) is 7.51. The van der Waals surface area contributed by atoms with Crippen LogP contribution in [0.25, 0.3) is 0 Å². The van der Waals surface area contributed by atoms with Gasteiger partial charge in [-0.3, -0.25) is 0 Å². The number of carbonyl (C=O) groups is 1. The van der Waals surface area contributed by atoms with Crippen LogP contribution in [0.1, 0.15) is 25.0 Å². The van der Waals surface area contributed by atoms with Crippen LogP contribution in [0.5, 0.6) is 5.75 Å². The Hall–Kier alpha value is -1.79. The second-order valence-electron chi connectivity index (χ2n) is 4.78. The van der Waals surface area contributed by atoms with E-state index in [1.54, 1.807) is 0 Å². The summed E-state index contributed by atoms with van der Waals surface area (Å²) in [4.78, 5) is 11.7. The molecule has 0 unspecified atom stereocenters. The molecule has 1 aromatic rings. The molecule has 0 aliphatic carbocycles. The highest BCUT2D eigenvalue weighted by molar-refractivity contribution is 5.73. The van der Waals surface area contributed by atoms with Gasteiger partial charge in [0.05, 0.1) is 6.54 Å². The van der Waals surface area contributed by atoms with Crippen molar-refractivity contribution in [1.82, 2.24) is 10.6 Å². The summed E-state index contributed by atoms with van der Waals surface area (Å²) in [6, 6.07) is 5.57. The molecule has 6 heteroatoms. The van der Waals surface area contributed by atoms with Gasteiger partial charge in [-0.15, -0.1) is 0 Å². The Morgan fingerprint density at radius 1 is 1.14 bits per heavy atom. The van der Waals surface area contributed by atoms with Crippen molar-refractivity contribution >= 4 is 6.03 Å². The Morgan fingerprint density at radius 3 is 2.41 bits per heavy atom. The molecule has 0 aliphatic rings. The molecule has 2 N–H and O–H groups in total. The topological polar surface area (TPSA) is 68.8 Å². The summed E-state index contributed by atoms with van der Waals surface area (Å²) < 4.78 is 16.2. The molecule has 0 saturated carbocycles. The van der Waals surface area contributed by atoms with Crippen molar-refractivity contribution in [2.24, 2.45) is 0 Å². The Kier molecular flexibility index (Phi) is 8.32. The van der Waals surface area contributed by atoms with Gasteiger partial charge in [-0.25, -0.2) is 4.79 Å². The summed E-state index contributed by atoms with van der Waals surface area (Å²) in [6.45, 7) is 9.20. The van der Waals surface area contributed by atoms with Gasteiger partial charge in [-0.2, -0.15) is 0 Å². The number of carbonyl (C=O) groups excluding carboxylic acids is 1. The number of benzene rings is 1. The van der Waals surface area contributed by atoms with Crippen LogP contribution in [-0.4, -0.2) is 38.8 Å². The minimum absolute atomic E-state index is 0.101. The van der Waals surface area contributed by atoms with E-state index in [2.05, 4.69) is 10.6 Å². The predicted molar refractivity (Wildman–Crippen MR) is 85.0 cm³/mol. The fourth-order valence-corrected chi connectivity index (χ4v) is 1.92. The number of hydrogen-bond acceptors (Lipinski definition) is 4. The summed E-state index contributed by atoms with van der Waals surface area (Å²) >= 11 is 0. The zero-order chi connectivity index (χ0) is 16.4. The fourth-order valence-electron chi connectivity index (χ4n) is 1.92. The molecular weight excluding hydrogens is 284 g/mol. The second kappa shape index (κ2) is 10.0. The SMILES string of the molecule is CCOC(CNC(=O)NCOc1ccc(C)cc1C)OCC. The number of ether oxygens (including phenoxy) is 3. The Bertz CT molecular complexity index is 459. The number of nitrogens with one attached hydrogen (secondary N) is 2. The molecule has 2 amide bonds. The van der Waals surface area contributed by atoms with Gasteiger partial charge in [0.25, 0.3) is 0 Å². The first kappa shape index (κ1) is 18.3. The molecule has 22 heavy (non-hydrogen) atoms. The van der Waals surface area contributed by atoms with E-state index >= 15 is 0 Å². The van der Waals surface area contributed by atoms with Crippen molar-refractivity contribution < 1.29 is 19.0 Å². The minimum Gasteiger partial charge on any atom is -0.473 e. The van der Waals surface area contributed by atoms with Crippen molar-refractivity contribution in [3.8, 4) is 5.75 Å². The molecule has 1 rings (SSSR count). The highest BCUT2D eigenvalue weighted by Gasteiger charge is 2.09. The van der Waals surface area contributed by atoms with Gasteiger partial charge in [0.2, 0.25) is 0 Å². The smallest absolute Gasteiger partial charge is 0.317 e. The minimum atomic E-state index is -0.430. The van der Waals surface area contributed by atoms with Crippen molar-refractivity contribution in [2.75, 3.05) is 26.5 Å². The Balaban J connectivity index is 2.28. The lowest BCUT2D eigenvalue weighted by Gasteiger charge is -2.17. The molecule has 0 aromatic heterocycles. The van der Waals surface area contributed by atoms with Crippen LogP contribution in [0.2, 0.25) is 0 Å². The molecular formula is C16H26N2O4. The molecule has 0 spiro atoms. The number of amides is 2. The Labute approximate surface area is 132 Å². The normalized spacial score (nSPS) is 10.6. The fraction of sp³-hybridized carbons (Fsp3) is 0.562. The van der Waals surface area contributed by atoms with E-state index in [9.17, 15) is 4.79 Å². The van der Waals surface area contributed by atoms with Crippen LogP contribution in [0.3, 0.4) is 0 Å². The first-order valence-corrected chi connectivity index (χ1v) is 7.51. The lowest BCUT2D eigenvalue weighted by Crippen LogP contribution is -2.42. The zero-order valence-electron chi connectivity index (χ0n) is 13.8. The van der Waals surface area contributed by atoms with Gasteiger partial charge in [-0.1, -0.05) is 17.7 Å². The van der Waals surface area contributed by atoms with Crippen LogP contribution >= 0.6 is 0 Å². The highest BCUT2D eigenvalue weighted by Crippen LogP contribution is 2.18. The van der Waals surface area contributed by atoms with Gasteiger partial charge >= 0.3 is 6.03 Å². The molecule has 6 nitrogen and oxygen atoms in total. The largest absolute Gasteiger partial charge is 0.473 e. The molecule has 0 heterocycles. The second-order valence-corrected chi connectivity index (χ2v) is 4.78. The molecule has 0 radical (unpaired) electrons. The lowest BCUT2D eigenvalue weighted by molar-refractivity contribution is -0.131. The summed E-state index contributed by atoms with van der Waals surface area (Å²) in [5.74, 6) is 0.757. The summed E-state index contributed by atoms with van der Waals surface area (Å²) in [5.41, 5.74) is 2.21. The Morgan fingerprint density at radius 2 is 1.82 bits per heavy atom. The number of rotatable bonds is 9. The molecule has 0 bridgehead atoms. The van der Waals surface area contributed by atoms with Crippen molar-refractivity contribution in [3.63, 3.8) is 0 Å². The molecule has 0 aliphatic heterocycles. The van der Waals surface area contributed by atoms with Crippen molar-refractivity contribution in [3.05, 3.63) is 29.3 Å². The van der Waals surface area contributed by atoms with Crippen LogP contribution < -0.4 is 15.4 Å². The van der Waals surface area contributed by atoms with Gasteiger partial charge in [0, 0.05) is 13.2 Å². The molecule has 0 saturated heterocycles. The third kappa shape index (κ3) is 6.78. The maximum atomic E-state index is 11.7. The summed E-state index contributed by atoms with van der Waals surface area (Å²) in [5, 5.41) is 5.31. The van der Waals surface area contributed by atoms with Gasteiger partial charge < -0.3 is 24.8 Å². The molecule has 0 atom stereocenters. The maximum Gasteiger partial charge on any atom is 0.317 e.